The molecule has 0 amide bonds. The third-order valence-electron chi connectivity index (χ3n) is 1.15. The maximum atomic E-state index is 10.7. The molecule has 51 valence electrons. The largest absolute Gasteiger partial charge is 0.294 e. The van der Waals surface area contributed by atoms with E-state index in [1.807, 2.05) is 12.1 Å². The lowest BCUT2D eigenvalue weighted by Gasteiger charge is -1.93. The van der Waals surface area contributed by atoms with Gasteiger partial charge in [-0.1, -0.05) is 28.1 Å². The highest BCUT2D eigenvalue weighted by atomic mass is 79.9. The molecule has 1 radical (unpaired) electrons. The van der Waals surface area contributed by atoms with Gasteiger partial charge in [0.05, 0.1) is 0 Å². The molecule has 0 aliphatic rings. The minimum atomic E-state index is -0.152. The van der Waals surface area contributed by atoms with E-state index in [0.717, 1.165) is 4.47 Å². The van der Waals surface area contributed by atoms with Gasteiger partial charge >= 0.3 is 0 Å². The third-order valence-corrected chi connectivity index (χ3v) is 1.64. The van der Waals surface area contributed by atoms with Crippen LogP contribution in [0.1, 0.15) is 10.4 Å². The number of carbonyl (C=O) groups excluding carboxylic acids is 1. The first kappa shape index (κ1) is 7.48. The van der Waals surface area contributed by atoms with Crippen molar-refractivity contribution in [2.75, 3.05) is 0 Å². The van der Waals surface area contributed by atoms with E-state index in [9.17, 15) is 4.79 Å². The van der Waals surface area contributed by atoms with Gasteiger partial charge in [0.25, 0.3) is 0 Å². The molecular weight excluding hydrogens is 192 g/mol. The van der Waals surface area contributed by atoms with Crippen LogP contribution in [0.3, 0.4) is 0 Å². The zero-order valence-corrected chi connectivity index (χ0v) is 6.89. The summed E-state index contributed by atoms with van der Waals surface area (Å²) in [6.45, 7) is 3.29. The minimum Gasteiger partial charge on any atom is -0.294 e. The van der Waals surface area contributed by atoms with E-state index in [1.165, 1.54) is 0 Å². The molecule has 0 bridgehead atoms. The average molecular weight is 198 g/mol. The van der Waals surface area contributed by atoms with Gasteiger partial charge in [0.15, 0.2) is 5.78 Å². The molecule has 0 aliphatic carbocycles. The van der Waals surface area contributed by atoms with Crippen LogP contribution in [-0.2, 0) is 0 Å². The van der Waals surface area contributed by atoms with Gasteiger partial charge in [-0.15, -0.1) is 0 Å². The molecule has 10 heavy (non-hydrogen) atoms. The number of halogens is 1. The van der Waals surface area contributed by atoms with E-state index in [-0.39, 0.29) is 5.78 Å². The van der Waals surface area contributed by atoms with Crippen LogP contribution in [0.4, 0.5) is 0 Å². The number of hydrogen-bond donors (Lipinski definition) is 0. The van der Waals surface area contributed by atoms with E-state index >= 15 is 0 Å². The smallest absolute Gasteiger partial charge is 0.163 e. The molecule has 1 aromatic rings. The van der Waals surface area contributed by atoms with Crippen LogP contribution in [0.2, 0.25) is 0 Å². The Morgan fingerprint density at radius 1 is 1.50 bits per heavy atom. The van der Waals surface area contributed by atoms with Crippen LogP contribution in [0.5, 0.6) is 0 Å². The first-order valence-corrected chi connectivity index (χ1v) is 3.61. The van der Waals surface area contributed by atoms with Crippen molar-refractivity contribution in [3.8, 4) is 0 Å². The van der Waals surface area contributed by atoms with Gasteiger partial charge in [-0.3, -0.25) is 4.79 Å². The predicted octanol–water partition coefficient (Wildman–Crippen LogP) is 2.47. The first-order valence-electron chi connectivity index (χ1n) is 2.82. The summed E-state index contributed by atoms with van der Waals surface area (Å²) in [5, 5.41) is 0. The van der Waals surface area contributed by atoms with Crippen LogP contribution in [-0.4, -0.2) is 5.78 Å². The molecule has 0 aromatic heterocycles. The number of ketones is 1. The highest BCUT2D eigenvalue weighted by molar-refractivity contribution is 9.10. The average Bonchev–Trinajstić information content (AvgIpc) is 1.88. The summed E-state index contributed by atoms with van der Waals surface area (Å²) in [7, 11) is 0. The van der Waals surface area contributed by atoms with Gasteiger partial charge in [-0.05, 0) is 12.1 Å². The monoisotopic (exact) mass is 197 g/mol. The number of Topliss-reactive ketones (excluding diaryl/α,β-unsaturated/α-hetero) is 1. The molecule has 0 heterocycles. The van der Waals surface area contributed by atoms with Crippen molar-refractivity contribution in [3.05, 3.63) is 41.2 Å². The Bertz CT molecular complexity index is 255. The standard InChI is InChI=1S/C8H6BrO/c1-6(10)7-3-2-4-8(9)5-7/h2-5H,1H2. The Hall–Kier alpha value is -0.630. The van der Waals surface area contributed by atoms with E-state index in [0.29, 0.717) is 5.56 Å². The third kappa shape index (κ3) is 1.67. The molecule has 1 nitrogen and oxygen atoms in total. The minimum absolute atomic E-state index is 0.152. The topological polar surface area (TPSA) is 17.1 Å². The van der Waals surface area contributed by atoms with Gasteiger partial charge in [-0.2, -0.15) is 0 Å². The maximum Gasteiger partial charge on any atom is 0.163 e. The highest BCUT2D eigenvalue weighted by Gasteiger charge is 1.96. The fraction of sp³-hybridized carbons (Fsp3) is 0. The van der Waals surface area contributed by atoms with E-state index < -0.39 is 0 Å². The van der Waals surface area contributed by atoms with E-state index in [4.69, 9.17) is 0 Å². The molecule has 2 heteroatoms. The molecule has 0 saturated carbocycles. The van der Waals surface area contributed by atoms with Gasteiger partial charge in [-0.25, -0.2) is 0 Å². The molecule has 0 fully saturated rings. The summed E-state index contributed by atoms with van der Waals surface area (Å²) in [4.78, 5) is 10.7. The highest BCUT2D eigenvalue weighted by Crippen LogP contribution is 2.11. The van der Waals surface area contributed by atoms with E-state index in [1.54, 1.807) is 12.1 Å². The Morgan fingerprint density at radius 3 is 2.60 bits per heavy atom. The summed E-state index contributed by atoms with van der Waals surface area (Å²) in [6, 6.07) is 7.16. The summed E-state index contributed by atoms with van der Waals surface area (Å²) in [5.41, 5.74) is 0.634. The van der Waals surface area contributed by atoms with Crippen LogP contribution < -0.4 is 0 Å². The molecule has 1 rings (SSSR count). The fourth-order valence-electron chi connectivity index (χ4n) is 0.662. The summed E-state index contributed by atoms with van der Waals surface area (Å²) >= 11 is 3.25. The number of rotatable bonds is 1. The molecule has 0 unspecified atom stereocenters. The van der Waals surface area contributed by atoms with Crippen molar-refractivity contribution in [2.45, 2.75) is 0 Å². The Labute approximate surface area is 68.2 Å². The molecular formula is C8H6BrO. The van der Waals surface area contributed by atoms with Crippen LogP contribution in [0, 0.1) is 6.92 Å². The molecule has 0 spiro atoms. The normalized spacial score (nSPS) is 9.40. The summed E-state index contributed by atoms with van der Waals surface area (Å²) in [6.07, 6.45) is 0. The molecule has 0 saturated heterocycles. The van der Waals surface area contributed by atoms with Gasteiger partial charge in [0.2, 0.25) is 0 Å². The lowest BCUT2D eigenvalue weighted by molar-refractivity contribution is 0.104. The van der Waals surface area contributed by atoms with Crippen molar-refractivity contribution in [1.29, 1.82) is 0 Å². The quantitative estimate of drug-likeness (QED) is 0.633. The maximum absolute atomic E-state index is 10.7. The Kier molecular flexibility index (Phi) is 2.22. The fourth-order valence-corrected chi connectivity index (χ4v) is 1.06. The van der Waals surface area contributed by atoms with Gasteiger partial charge in [0, 0.05) is 17.0 Å². The second kappa shape index (κ2) is 2.97. The van der Waals surface area contributed by atoms with Crippen molar-refractivity contribution in [1.82, 2.24) is 0 Å². The molecule has 0 N–H and O–H groups in total. The Morgan fingerprint density at radius 2 is 2.20 bits per heavy atom. The molecule has 1 aromatic carbocycles. The summed E-state index contributed by atoms with van der Waals surface area (Å²) < 4.78 is 0.905. The lowest BCUT2D eigenvalue weighted by Crippen LogP contribution is -1.90. The predicted molar refractivity (Wildman–Crippen MR) is 43.8 cm³/mol. The second-order valence-corrected chi connectivity index (χ2v) is 2.85. The zero-order valence-electron chi connectivity index (χ0n) is 5.30. The SMILES string of the molecule is [CH2]C(=O)c1cccc(Br)c1. The van der Waals surface area contributed by atoms with Crippen LogP contribution >= 0.6 is 15.9 Å². The van der Waals surface area contributed by atoms with Crippen LogP contribution in [0.15, 0.2) is 28.7 Å². The van der Waals surface area contributed by atoms with Crippen molar-refractivity contribution < 1.29 is 4.79 Å². The number of carbonyl (C=O) groups is 1. The Balaban J connectivity index is 3.07. The zero-order chi connectivity index (χ0) is 7.56. The number of hydrogen-bond acceptors (Lipinski definition) is 1. The summed E-state index contributed by atoms with van der Waals surface area (Å²) in [5.74, 6) is -0.152. The van der Waals surface area contributed by atoms with Gasteiger partial charge < -0.3 is 0 Å². The van der Waals surface area contributed by atoms with Gasteiger partial charge in [0.1, 0.15) is 0 Å². The van der Waals surface area contributed by atoms with Crippen molar-refractivity contribution in [2.24, 2.45) is 0 Å². The van der Waals surface area contributed by atoms with Crippen molar-refractivity contribution in [3.63, 3.8) is 0 Å². The van der Waals surface area contributed by atoms with Crippen molar-refractivity contribution >= 4 is 21.7 Å². The van der Waals surface area contributed by atoms with Crippen LogP contribution in [0.25, 0.3) is 0 Å². The lowest BCUT2D eigenvalue weighted by atomic mass is 10.2. The van der Waals surface area contributed by atoms with E-state index in [2.05, 4.69) is 22.9 Å². The first-order chi connectivity index (χ1) is 4.70. The molecule has 0 aliphatic heterocycles. The number of benzene rings is 1. The second-order valence-electron chi connectivity index (χ2n) is 1.93. The molecule has 0 atom stereocenters.